The van der Waals surface area contributed by atoms with Crippen LogP contribution in [0.4, 0.5) is 0 Å². The van der Waals surface area contributed by atoms with Crippen LogP contribution in [0.15, 0.2) is 58.7 Å². The molecule has 0 saturated carbocycles. The Morgan fingerprint density at radius 1 is 1.12 bits per heavy atom. The third-order valence-corrected chi connectivity index (χ3v) is 5.63. The van der Waals surface area contributed by atoms with Gasteiger partial charge in [-0.25, -0.2) is 0 Å². The van der Waals surface area contributed by atoms with Gasteiger partial charge in [0, 0.05) is 0 Å². The zero-order chi connectivity index (χ0) is 15.7. The van der Waals surface area contributed by atoms with Crippen molar-refractivity contribution in [3.8, 4) is 0 Å². The molecule has 24 heavy (non-hydrogen) atoms. The Labute approximate surface area is 172 Å². The second-order valence-corrected chi connectivity index (χ2v) is 7.38. The van der Waals surface area contributed by atoms with E-state index in [0.717, 1.165) is 19.3 Å². The smallest absolute Gasteiger partial charge is 1.00 e. The minimum Gasteiger partial charge on any atom is -1.00 e. The van der Waals surface area contributed by atoms with Crippen LogP contribution in [0.25, 0.3) is 8.85 Å². The maximum absolute atomic E-state index is 9.02. The monoisotopic (exact) mass is 437 g/mol. The largest absolute Gasteiger partial charge is 1.00 e. The zero-order valence-corrected chi connectivity index (χ0v) is 18.0. The van der Waals surface area contributed by atoms with E-state index in [9.17, 15) is 0 Å². The molecule has 0 unspecified atom stereocenters. The van der Waals surface area contributed by atoms with Gasteiger partial charge in [-0.2, -0.15) is 0 Å². The first-order valence-electron chi connectivity index (χ1n) is 7.87. The topological polar surface area (TPSA) is 20.2 Å². The molecule has 0 radical (unpaired) electrons. The number of rotatable bonds is 4. The first-order valence-corrected chi connectivity index (χ1v) is 9.10. The van der Waals surface area contributed by atoms with Crippen molar-refractivity contribution in [2.45, 2.75) is 33.1 Å². The van der Waals surface area contributed by atoms with Crippen LogP contribution in [0.1, 0.15) is 44.2 Å². The quantitative estimate of drug-likeness (QED) is 0.625. The van der Waals surface area contributed by atoms with Crippen LogP contribution in [0, 0.1) is 0 Å². The molecule has 0 atom stereocenters. The summed E-state index contributed by atoms with van der Waals surface area (Å²) in [5.41, 5.74) is 9.94. The Morgan fingerprint density at radius 3 is 2.42 bits per heavy atom. The predicted octanol–water partition coefficient (Wildman–Crippen LogP) is -1.21. The Hall–Kier alpha value is -0.397. The van der Waals surface area contributed by atoms with E-state index in [1.54, 1.807) is 0 Å². The molecule has 0 aromatic heterocycles. The summed E-state index contributed by atoms with van der Waals surface area (Å²) in [6, 6.07) is 8.79. The molecule has 1 N–H and O–H groups in total. The van der Waals surface area contributed by atoms with Crippen molar-refractivity contribution in [2.75, 3.05) is 6.61 Å². The maximum atomic E-state index is 9.02. The molecule has 0 aliphatic heterocycles. The Morgan fingerprint density at radius 2 is 1.79 bits per heavy atom. The van der Waals surface area contributed by atoms with Crippen LogP contribution >= 0.6 is 0 Å². The van der Waals surface area contributed by atoms with Crippen molar-refractivity contribution in [2.24, 2.45) is 0 Å². The molecule has 2 aliphatic rings. The van der Waals surface area contributed by atoms with Crippen LogP contribution < -0.4 is 24.8 Å². The van der Waals surface area contributed by atoms with E-state index in [1.165, 1.54) is 67.0 Å². The molecule has 0 spiro atoms. The van der Waals surface area contributed by atoms with Crippen molar-refractivity contribution in [3.63, 3.8) is 0 Å². The molecule has 0 heterocycles. The summed E-state index contributed by atoms with van der Waals surface area (Å²) in [5, 5.41) is 9.02. The summed E-state index contributed by atoms with van der Waals surface area (Å²) < 4.78 is 1.49. The SMILES string of the molecule is CC(C)=C1C(C2=CC(CCCO)=CC2)=[C]([Zr+2])c2ccccc21.[Cl-].[Cl-]. The van der Waals surface area contributed by atoms with Crippen LogP contribution in [0.2, 0.25) is 0 Å². The van der Waals surface area contributed by atoms with Crippen LogP contribution in [0.3, 0.4) is 0 Å². The fourth-order valence-corrected chi connectivity index (χ4v) is 4.61. The zero-order valence-electron chi connectivity index (χ0n) is 14.0. The molecule has 0 saturated heterocycles. The van der Waals surface area contributed by atoms with E-state index in [2.05, 4.69) is 50.3 Å². The van der Waals surface area contributed by atoms with Crippen molar-refractivity contribution in [3.05, 3.63) is 69.8 Å². The number of benzene rings is 1. The maximum Gasteiger partial charge on any atom is -1.00 e. The predicted molar refractivity (Wildman–Crippen MR) is 88.7 cm³/mol. The summed E-state index contributed by atoms with van der Waals surface area (Å²) in [4.78, 5) is 0. The van der Waals surface area contributed by atoms with E-state index in [0.29, 0.717) is 0 Å². The van der Waals surface area contributed by atoms with Crippen molar-refractivity contribution in [1.29, 1.82) is 0 Å². The normalized spacial score (nSPS) is 15.5. The molecule has 3 rings (SSSR count). The summed E-state index contributed by atoms with van der Waals surface area (Å²) >= 11 is 1.48. The van der Waals surface area contributed by atoms with Gasteiger partial charge in [0.1, 0.15) is 0 Å². The van der Waals surface area contributed by atoms with Gasteiger partial charge in [0.2, 0.25) is 0 Å². The van der Waals surface area contributed by atoms with Gasteiger partial charge in [-0.3, -0.25) is 0 Å². The number of halogens is 2. The Balaban J connectivity index is 0.00000144. The summed E-state index contributed by atoms with van der Waals surface area (Å²) in [6.07, 6.45) is 7.54. The number of fused-ring (bicyclic) bond motifs is 1. The van der Waals surface area contributed by atoms with Gasteiger partial charge in [-0.15, -0.1) is 0 Å². The molecule has 125 valence electrons. The first kappa shape index (κ1) is 21.6. The average Bonchev–Trinajstić information content (AvgIpc) is 3.08. The second kappa shape index (κ2) is 9.34. The van der Waals surface area contributed by atoms with E-state index in [1.807, 2.05) is 0 Å². The fraction of sp³-hybridized carbons (Fsp3) is 0.300. The van der Waals surface area contributed by atoms with Crippen LogP contribution in [-0.2, 0) is 24.7 Å². The number of aliphatic hydroxyl groups is 1. The minimum absolute atomic E-state index is 0. The molecule has 4 heteroatoms. The van der Waals surface area contributed by atoms with Crippen LogP contribution in [0.5, 0.6) is 0 Å². The molecule has 1 nitrogen and oxygen atoms in total. The van der Waals surface area contributed by atoms with Crippen molar-refractivity contribution < 1.29 is 54.6 Å². The Kier molecular flexibility index (Phi) is 8.43. The third-order valence-electron chi connectivity index (χ3n) is 4.35. The van der Waals surface area contributed by atoms with Gasteiger partial charge in [0.15, 0.2) is 0 Å². The molecular formula is C20H21Cl2OZr. The molecule has 0 amide bonds. The fourth-order valence-electron chi connectivity index (χ4n) is 3.37. The number of allylic oxidation sites excluding steroid dienone is 7. The van der Waals surface area contributed by atoms with Gasteiger partial charge in [-0.05, 0) is 0 Å². The van der Waals surface area contributed by atoms with Gasteiger partial charge < -0.3 is 24.8 Å². The summed E-state index contributed by atoms with van der Waals surface area (Å²) in [7, 11) is 0. The second-order valence-electron chi connectivity index (χ2n) is 6.15. The molecular weight excluding hydrogens is 418 g/mol. The molecule has 0 bridgehead atoms. The van der Waals surface area contributed by atoms with Crippen molar-refractivity contribution >= 4 is 8.85 Å². The van der Waals surface area contributed by atoms with Gasteiger partial charge in [-0.1, -0.05) is 0 Å². The number of hydrogen-bond acceptors (Lipinski definition) is 1. The molecule has 0 fully saturated rings. The number of hydrogen-bond donors (Lipinski definition) is 1. The van der Waals surface area contributed by atoms with Crippen LogP contribution in [-0.4, -0.2) is 11.7 Å². The minimum atomic E-state index is 0. The molecule has 2 aliphatic carbocycles. The third kappa shape index (κ3) is 4.05. The standard InChI is InChI=1S/C20H21O.2ClH.Zr/c1-14(2)20-18-8-4-3-7-16(18)13-19(20)17-10-9-15(12-17)6-5-11-21;;;/h3-4,7-9,12,21H,5-6,10-11H2,1-2H3;2*1H;/q;;;+2/p-2. The van der Waals surface area contributed by atoms with Crippen molar-refractivity contribution in [1.82, 2.24) is 0 Å². The van der Waals surface area contributed by atoms with Gasteiger partial charge >= 0.3 is 148 Å². The first-order chi connectivity index (χ1) is 10.6. The molecule has 1 aromatic carbocycles. The van der Waals surface area contributed by atoms with E-state index in [4.69, 9.17) is 5.11 Å². The summed E-state index contributed by atoms with van der Waals surface area (Å²) in [6.45, 7) is 4.71. The average molecular weight is 440 g/mol. The summed E-state index contributed by atoms with van der Waals surface area (Å²) in [5.74, 6) is 0. The number of aliphatic hydroxyl groups excluding tert-OH is 1. The van der Waals surface area contributed by atoms with E-state index < -0.39 is 0 Å². The molecule has 1 aromatic rings. The Bertz CT molecular complexity index is 738. The van der Waals surface area contributed by atoms with Gasteiger partial charge in [0.25, 0.3) is 0 Å². The van der Waals surface area contributed by atoms with E-state index >= 15 is 0 Å². The van der Waals surface area contributed by atoms with Gasteiger partial charge in [0.05, 0.1) is 0 Å². The van der Waals surface area contributed by atoms with E-state index in [-0.39, 0.29) is 31.4 Å².